The van der Waals surface area contributed by atoms with Crippen LogP contribution in [0.5, 0.6) is 0 Å². The molecule has 0 bridgehead atoms. The first kappa shape index (κ1) is 22.2. The number of hydrogen-bond donors (Lipinski definition) is 2. The van der Waals surface area contributed by atoms with Crippen molar-refractivity contribution in [1.82, 2.24) is 0 Å². The monoisotopic (exact) mass is 458 g/mol. The van der Waals surface area contributed by atoms with Gasteiger partial charge in [-0.25, -0.2) is 4.79 Å². The lowest BCUT2D eigenvalue weighted by Gasteiger charge is -2.24. The van der Waals surface area contributed by atoms with E-state index in [9.17, 15) is 27.6 Å². The van der Waals surface area contributed by atoms with Crippen molar-refractivity contribution < 1.29 is 32.3 Å². The molecule has 0 saturated carbocycles. The van der Waals surface area contributed by atoms with Crippen LogP contribution in [0.1, 0.15) is 32.8 Å². The van der Waals surface area contributed by atoms with Crippen molar-refractivity contribution in [3.63, 3.8) is 0 Å². The first-order valence-corrected chi connectivity index (χ1v) is 10.4. The molecule has 1 atom stereocenters. The normalized spacial score (nSPS) is 15.9. The molecule has 2 N–H and O–H groups in total. The Bertz CT molecular complexity index is 1030. The fourth-order valence-electron chi connectivity index (χ4n) is 2.87. The molecule has 0 unspecified atom stereocenters. The highest BCUT2D eigenvalue weighted by atomic mass is 32.2. The molecule has 0 aliphatic carbocycles. The summed E-state index contributed by atoms with van der Waals surface area (Å²) >= 11 is 2.24. The average Bonchev–Trinajstić information content (AvgIpc) is 2.94. The summed E-state index contributed by atoms with van der Waals surface area (Å²) in [6.07, 6.45) is -4.73. The predicted molar refractivity (Wildman–Crippen MR) is 108 cm³/mol. The number of esters is 1. The number of benzene rings is 1. The Morgan fingerprint density at radius 2 is 1.97 bits per heavy atom. The van der Waals surface area contributed by atoms with E-state index in [0.29, 0.717) is 15.5 Å². The third-order valence-corrected chi connectivity index (χ3v) is 6.92. The van der Waals surface area contributed by atoms with Crippen molar-refractivity contribution in [1.29, 1.82) is 0 Å². The van der Waals surface area contributed by atoms with Gasteiger partial charge in [0.05, 0.1) is 29.2 Å². The third kappa shape index (κ3) is 4.46. The van der Waals surface area contributed by atoms with Crippen LogP contribution < -0.4 is 10.6 Å². The number of thiophene rings is 1. The van der Waals surface area contributed by atoms with Gasteiger partial charge in [-0.1, -0.05) is 0 Å². The van der Waals surface area contributed by atoms with Crippen molar-refractivity contribution >= 4 is 51.6 Å². The van der Waals surface area contributed by atoms with Crippen LogP contribution in [0.2, 0.25) is 0 Å². The molecule has 0 radical (unpaired) electrons. The summed E-state index contributed by atoms with van der Waals surface area (Å²) < 4.78 is 43.3. The lowest BCUT2D eigenvalue weighted by atomic mass is 10.1. The first-order chi connectivity index (χ1) is 14.0. The smallest absolute Gasteiger partial charge is 0.416 e. The van der Waals surface area contributed by atoms with Crippen LogP contribution in [0, 0.1) is 13.8 Å². The summed E-state index contributed by atoms with van der Waals surface area (Å²) in [7, 11) is 1.24. The van der Waals surface area contributed by atoms with Crippen LogP contribution in [0.15, 0.2) is 23.1 Å². The van der Waals surface area contributed by atoms with Gasteiger partial charge in [0.2, 0.25) is 11.8 Å². The number of thioether (sulfide) groups is 1. The molecule has 1 aliphatic rings. The molecule has 160 valence electrons. The van der Waals surface area contributed by atoms with Gasteiger partial charge in [-0.05, 0) is 37.6 Å². The van der Waals surface area contributed by atoms with E-state index in [1.54, 1.807) is 13.8 Å². The number of alkyl halides is 3. The number of rotatable bonds is 4. The van der Waals surface area contributed by atoms with E-state index < -0.39 is 34.8 Å². The Morgan fingerprint density at radius 1 is 1.27 bits per heavy atom. The molecule has 2 amide bonds. The van der Waals surface area contributed by atoms with Crippen LogP contribution in [0.25, 0.3) is 0 Å². The fraction of sp³-hybridized carbons (Fsp3) is 0.316. The molecule has 3 rings (SSSR count). The summed E-state index contributed by atoms with van der Waals surface area (Å²) in [4.78, 5) is 38.1. The predicted octanol–water partition coefficient (Wildman–Crippen LogP) is 4.61. The van der Waals surface area contributed by atoms with Gasteiger partial charge in [-0.3, -0.25) is 9.59 Å². The number of hydrogen-bond acceptors (Lipinski definition) is 6. The summed E-state index contributed by atoms with van der Waals surface area (Å²) in [5, 5.41) is 4.59. The SMILES string of the molecule is COC(=O)c1c(NC(=O)C[C@@H]2Sc3ccc(C(F)(F)F)cc3NC2=O)sc(C)c1C. The van der Waals surface area contributed by atoms with Gasteiger partial charge in [0.1, 0.15) is 5.00 Å². The molecule has 0 fully saturated rings. The Kier molecular flexibility index (Phi) is 6.14. The number of ether oxygens (including phenoxy) is 1. The second-order valence-corrected chi connectivity index (χ2v) is 9.01. The van der Waals surface area contributed by atoms with Crippen molar-refractivity contribution in [2.24, 2.45) is 0 Å². The van der Waals surface area contributed by atoms with E-state index in [4.69, 9.17) is 4.74 Å². The van der Waals surface area contributed by atoms with Gasteiger partial charge in [-0.15, -0.1) is 23.1 Å². The number of carbonyl (C=O) groups excluding carboxylic acids is 3. The molecule has 30 heavy (non-hydrogen) atoms. The van der Waals surface area contributed by atoms with Crippen molar-refractivity contribution in [2.45, 2.75) is 36.6 Å². The van der Waals surface area contributed by atoms with E-state index >= 15 is 0 Å². The lowest BCUT2D eigenvalue weighted by Crippen LogP contribution is -2.32. The van der Waals surface area contributed by atoms with Crippen LogP contribution in [-0.4, -0.2) is 30.1 Å². The first-order valence-electron chi connectivity index (χ1n) is 8.68. The van der Waals surface area contributed by atoms with Crippen molar-refractivity contribution in [3.05, 3.63) is 39.8 Å². The van der Waals surface area contributed by atoms with Gasteiger partial charge >= 0.3 is 12.1 Å². The maximum absolute atomic E-state index is 12.9. The number of carbonyl (C=O) groups is 3. The molecule has 6 nitrogen and oxygen atoms in total. The fourth-order valence-corrected chi connectivity index (χ4v) is 5.03. The molecule has 2 aromatic rings. The third-order valence-electron chi connectivity index (χ3n) is 4.52. The minimum Gasteiger partial charge on any atom is -0.465 e. The van der Waals surface area contributed by atoms with E-state index in [1.165, 1.54) is 24.5 Å². The Labute approximate surface area is 178 Å². The maximum Gasteiger partial charge on any atom is 0.416 e. The highest BCUT2D eigenvalue weighted by Gasteiger charge is 2.34. The molecule has 0 spiro atoms. The maximum atomic E-state index is 12.9. The quantitative estimate of drug-likeness (QED) is 0.654. The van der Waals surface area contributed by atoms with Gasteiger partial charge < -0.3 is 15.4 Å². The number of halogens is 3. The summed E-state index contributed by atoms with van der Waals surface area (Å²) in [5.74, 6) is -1.63. The standard InChI is InChI=1S/C19H17F3N2O4S2/c1-8-9(2)29-17(15(8)18(27)28-3)24-14(25)7-13-16(26)23-11-6-10(19(20,21)22)4-5-12(11)30-13/h4-6,13H,7H2,1-3H3,(H,23,26)(H,24,25)/t13-/m0/s1. The van der Waals surface area contributed by atoms with Gasteiger partial charge in [0.15, 0.2) is 0 Å². The van der Waals surface area contributed by atoms with E-state index in [0.717, 1.165) is 28.8 Å². The minimum atomic E-state index is -4.52. The zero-order valence-electron chi connectivity index (χ0n) is 16.1. The summed E-state index contributed by atoms with van der Waals surface area (Å²) in [6.45, 7) is 3.54. The molecule has 1 aromatic heterocycles. The zero-order valence-corrected chi connectivity index (χ0v) is 17.7. The topological polar surface area (TPSA) is 84.5 Å². The van der Waals surface area contributed by atoms with Crippen molar-refractivity contribution in [2.75, 3.05) is 17.7 Å². The average molecular weight is 458 g/mol. The zero-order chi connectivity index (χ0) is 22.2. The minimum absolute atomic E-state index is 0.0639. The van der Waals surface area contributed by atoms with Crippen LogP contribution in [0.3, 0.4) is 0 Å². The molecule has 1 aliphatic heterocycles. The molecular weight excluding hydrogens is 441 g/mol. The van der Waals surface area contributed by atoms with Crippen LogP contribution in [-0.2, 0) is 20.5 Å². The summed E-state index contributed by atoms with van der Waals surface area (Å²) in [5.41, 5.74) is 0.159. The van der Waals surface area contributed by atoms with E-state index in [-0.39, 0.29) is 17.7 Å². The van der Waals surface area contributed by atoms with E-state index in [2.05, 4.69) is 10.6 Å². The Balaban J connectivity index is 1.74. The summed E-state index contributed by atoms with van der Waals surface area (Å²) in [6, 6.07) is 3.07. The number of fused-ring (bicyclic) bond motifs is 1. The molecule has 11 heteroatoms. The molecule has 2 heterocycles. The Morgan fingerprint density at radius 3 is 2.60 bits per heavy atom. The number of amides is 2. The highest BCUT2D eigenvalue weighted by Crippen LogP contribution is 2.41. The number of methoxy groups -OCH3 is 1. The second kappa shape index (κ2) is 8.31. The largest absolute Gasteiger partial charge is 0.465 e. The molecule has 0 saturated heterocycles. The number of nitrogens with one attached hydrogen (secondary N) is 2. The van der Waals surface area contributed by atoms with Crippen LogP contribution >= 0.6 is 23.1 Å². The van der Waals surface area contributed by atoms with E-state index in [1.807, 2.05) is 0 Å². The Hall–Kier alpha value is -2.53. The highest BCUT2D eigenvalue weighted by molar-refractivity contribution is 8.01. The second-order valence-electron chi connectivity index (χ2n) is 6.54. The molecule has 1 aromatic carbocycles. The number of anilines is 2. The van der Waals surface area contributed by atoms with Gasteiger partial charge in [0.25, 0.3) is 0 Å². The molecular formula is C19H17F3N2O4S2. The van der Waals surface area contributed by atoms with Gasteiger partial charge in [-0.2, -0.15) is 13.2 Å². The van der Waals surface area contributed by atoms with Crippen LogP contribution in [0.4, 0.5) is 23.9 Å². The number of aryl methyl sites for hydroxylation is 1. The van der Waals surface area contributed by atoms with Gasteiger partial charge in [0, 0.05) is 16.2 Å². The lowest BCUT2D eigenvalue weighted by molar-refractivity contribution is -0.137. The van der Waals surface area contributed by atoms with Crippen molar-refractivity contribution in [3.8, 4) is 0 Å².